The largest absolute Gasteiger partial charge is 0.456 e. The van der Waals surface area contributed by atoms with Crippen LogP contribution in [0.15, 0.2) is 133 Å². The zero-order valence-corrected chi connectivity index (χ0v) is 28.8. The highest BCUT2D eigenvalue weighted by molar-refractivity contribution is 6.03. The monoisotopic (exact) mass is 715 g/mol. The van der Waals surface area contributed by atoms with Crippen molar-refractivity contribution in [2.24, 2.45) is 11.8 Å². The average molecular weight is 716 g/mol. The molecular formula is C44H33N3O7. The van der Waals surface area contributed by atoms with Gasteiger partial charge in [0, 0.05) is 17.5 Å². The number of ether oxygens (including phenoxy) is 2. The van der Waals surface area contributed by atoms with Crippen molar-refractivity contribution in [1.82, 2.24) is 16.0 Å². The fourth-order valence-corrected chi connectivity index (χ4v) is 9.29. The van der Waals surface area contributed by atoms with Crippen LogP contribution in [0.2, 0.25) is 0 Å². The molecule has 3 N–H and O–H groups in total. The minimum atomic E-state index is -1.68. The number of fused-ring (bicyclic) bond motifs is 5. The lowest BCUT2D eigenvalue weighted by Crippen LogP contribution is -2.62. The third kappa shape index (κ3) is 4.75. The maximum Gasteiger partial charge on any atom is 0.338 e. The molecule has 54 heavy (non-hydrogen) atoms. The van der Waals surface area contributed by atoms with Crippen molar-refractivity contribution in [3.8, 4) is 5.75 Å². The predicted octanol–water partition coefficient (Wildman–Crippen LogP) is 4.66. The maximum atomic E-state index is 14.5. The van der Waals surface area contributed by atoms with Crippen LogP contribution in [-0.4, -0.2) is 41.8 Å². The number of allylic oxidation sites excluding steroid dienone is 5. The highest BCUT2D eigenvalue weighted by atomic mass is 16.6. The van der Waals surface area contributed by atoms with Crippen LogP contribution in [0.4, 0.5) is 0 Å². The van der Waals surface area contributed by atoms with Crippen LogP contribution in [0.25, 0.3) is 0 Å². The summed E-state index contributed by atoms with van der Waals surface area (Å²) < 4.78 is 12.3. The number of benzene rings is 3. The molecule has 0 aromatic heterocycles. The second-order valence-electron chi connectivity index (χ2n) is 14.6. The third-order valence-electron chi connectivity index (χ3n) is 11.7. The van der Waals surface area contributed by atoms with Crippen LogP contribution in [0, 0.1) is 11.8 Å². The standard InChI is InChI=1S/C44H33N3O7/c48-39-27-13-5-1-9-23(27)21-34(46-39)37-29(31-19-25-11-3-7-15-33(25)45-40(31)49)17-18-30-38(37)44(47-41(30)50,32-20-26-12-4-8-16-35(26)53-43(32)52)36-22-24-10-2-6-14-28(24)42(51)54-36/h1-19,21,27,31-34,36H,20,22H2,(H,45,49)(H,46,48)(H,47,50). The molecule has 3 aromatic rings. The van der Waals surface area contributed by atoms with Crippen LogP contribution in [0.1, 0.15) is 60.5 Å². The number of hydrogen-bond acceptors (Lipinski definition) is 7. The summed E-state index contributed by atoms with van der Waals surface area (Å²) in [5.41, 5.74) is 3.52. The number of nitrogens with one attached hydrogen (secondary N) is 3. The van der Waals surface area contributed by atoms with Gasteiger partial charge in [0.2, 0.25) is 11.8 Å². The molecule has 7 unspecified atom stereocenters. The molecule has 3 amide bonds. The van der Waals surface area contributed by atoms with Crippen molar-refractivity contribution in [3.63, 3.8) is 0 Å². The van der Waals surface area contributed by atoms with Crippen molar-refractivity contribution in [2.45, 2.75) is 42.5 Å². The Balaban J connectivity index is 1.26. The molecule has 266 valence electrons. The lowest BCUT2D eigenvalue weighted by molar-refractivity contribution is -0.147. The molecule has 7 aliphatic rings. The molecule has 10 rings (SSSR count). The molecule has 0 spiro atoms. The number of rotatable bonds is 4. The van der Waals surface area contributed by atoms with Gasteiger partial charge in [0.15, 0.2) is 0 Å². The van der Waals surface area contributed by atoms with Crippen molar-refractivity contribution >= 4 is 29.7 Å². The molecule has 0 saturated carbocycles. The van der Waals surface area contributed by atoms with Gasteiger partial charge in [-0.1, -0.05) is 103 Å². The van der Waals surface area contributed by atoms with Crippen molar-refractivity contribution in [1.29, 1.82) is 0 Å². The number of carbonyl (C=O) groups excluding carboxylic acids is 5. The van der Waals surface area contributed by atoms with E-state index in [1.54, 1.807) is 36.4 Å². The van der Waals surface area contributed by atoms with E-state index in [0.29, 0.717) is 33.6 Å². The van der Waals surface area contributed by atoms with E-state index in [1.807, 2.05) is 85.0 Å². The van der Waals surface area contributed by atoms with E-state index in [4.69, 9.17) is 9.47 Å². The van der Waals surface area contributed by atoms with Gasteiger partial charge in [-0.15, -0.1) is 0 Å². The lowest BCUT2D eigenvalue weighted by Gasteiger charge is -2.46. The Morgan fingerprint density at radius 3 is 2.28 bits per heavy atom. The van der Waals surface area contributed by atoms with Gasteiger partial charge in [-0.3, -0.25) is 19.2 Å². The second kappa shape index (κ2) is 12.0. The smallest absolute Gasteiger partial charge is 0.338 e. The number of hydrogen-bond donors (Lipinski definition) is 3. The third-order valence-corrected chi connectivity index (χ3v) is 11.7. The molecule has 5 aliphatic heterocycles. The first kappa shape index (κ1) is 32.1. The topological polar surface area (TPSA) is 140 Å². The number of esters is 2. The average Bonchev–Trinajstić information content (AvgIpc) is 3.49. The fraction of sp³-hybridized carbons (Fsp3) is 0.205. The number of carbonyl (C=O) groups is 5. The fourth-order valence-electron chi connectivity index (χ4n) is 9.29. The summed E-state index contributed by atoms with van der Waals surface area (Å²) in [4.78, 5) is 70.8. The first-order valence-corrected chi connectivity index (χ1v) is 18.1. The molecule has 10 nitrogen and oxygen atoms in total. The van der Waals surface area contributed by atoms with Crippen molar-refractivity contribution in [2.75, 3.05) is 0 Å². The van der Waals surface area contributed by atoms with Crippen LogP contribution in [0.5, 0.6) is 5.75 Å². The van der Waals surface area contributed by atoms with E-state index < -0.39 is 53.3 Å². The Labute approximate surface area is 310 Å². The second-order valence-corrected chi connectivity index (χ2v) is 14.6. The van der Waals surface area contributed by atoms with Gasteiger partial charge in [-0.25, -0.2) is 4.79 Å². The molecule has 3 aromatic carbocycles. The molecule has 10 heteroatoms. The molecule has 5 heterocycles. The van der Waals surface area contributed by atoms with Gasteiger partial charge in [0.1, 0.15) is 17.4 Å². The summed E-state index contributed by atoms with van der Waals surface area (Å²) in [5, 5.41) is 9.50. The van der Waals surface area contributed by atoms with E-state index >= 15 is 0 Å². The zero-order valence-electron chi connectivity index (χ0n) is 28.8. The Morgan fingerprint density at radius 2 is 1.41 bits per heavy atom. The summed E-state index contributed by atoms with van der Waals surface area (Å²) in [5.74, 6) is -4.16. The Bertz CT molecular complexity index is 2430. The normalized spacial score (nSPS) is 29.9. The van der Waals surface area contributed by atoms with E-state index in [2.05, 4.69) is 16.0 Å². The molecule has 0 bridgehead atoms. The molecule has 7 atom stereocenters. The van der Waals surface area contributed by atoms with Crippen molar-refractivity contribution < 1.29 is 33.4 Å². The predicted molar refractivity (Wildman–Crippen MR) is 196 cm³/mol. The summed E-state index contributed by atoms with van der Waals surface area (Å²) in [6.07, 6.45) is 18.1. The Kier molecular flexibility index (Phi) is 7.13. The molecular weight excluding hydrogens is 682 g/mol. The number of cyclic esters (lactones) is 1. The Morgan fingerprint density at radius 1 is 0.667 bits per heavy atom. The van der Waals surface area contributed by atoms with E-state index in [0.717, 1.165) is 16.7 Å². The molecule has 0 fully saturated rings. The minimum Gasteiger partial charge on any atom is -0.456 e. The van der Waals surface area contributed by atoms with Crippen LogP contribution in [-0.2, 0) is 37.5 Å². The van der Waals surface area contributed by atoms with Gasteiger partial charge >= 0.3 is 11.9 Å². The van der Waals surface area contributed by atoms with E-state index in [9.17, 15) is 24.0 Å². The summed E-state index contributed by atoms with van der Waals surface area (Å²) in [6.45, 7) is 0. The SMILES string of the molecule is O=C1OC(C2(C3Cc4ccccc4OC3=O)NC(=O)c3ccc(C4C=C5C=CC=CC5NC4=O)c(C4C=C5C=CC=CC5C(=O)N4)c32)Cc2ccccc21. The first-order valence-electron chi connectivity index (χ1n) is 18.1. The van der Waals surface area contributed by atoms with Gasteiger partial charge in [0.05, 0.1) is 35.4 Å². The van der Waals surface area contributed by atoms with E-state index in [-0.39, 0.29) is 36.3 Å². The molecule has 0 saturated heterocycles. The van der Waals surface area contributed by atoms with Gasteiger partial charge in [0.25, 0.3) is 5.91 Å². The number of para-hydroxylation sites is 1. The van der Waals surface area contributed by atoms with Gasteiger partial charge in [-0.2, -0.15) is 0 Å². The summed E-state index contributed by atoms with van der Waals surface area (Å²) in [7, 11) is 0. The van der Waals surface area contributed by atoms with Gasteiger partial charge < -0.3 is 25.4 Å². The van der Waals surface area contributed by atoms with Crippen molar-refractivity contribution in [3.05, 3.63) is 172 Å². The molecule has 2 aliphatic carbocycles. The van der Waals surface area contributed by atoms with E-state index in [1.165, 1.54) is 0 Å². The van der Waals surface area contributed by atoms with Crippen LogP contribution < -0.4 is 20.7 Å². The maximum absolute atomic E-state index is 14.5. The van der Waals surface area contributed by atoms with Crippen LogP contribution in [0.3, 0.4) is 0 Å². The molecule has 0 radical (unpaired) electrons. The minimum absolute atomic E-state index is 0.161. The van der Waals surface area contributed by atoms with Crippen LogP contribution >= 0.6 is 0 Å². The lowest BCUT2D eigenvalue weighted by atomic mass is 9.66. The quantitative estimate of drug-likeness (QED) is 0.264. The first-order chi connectivity index (χ1) is 26.3. The summed E-state index contributed by atoms with van der Waals surface area (Å²) >= 11 is 0. The zero-order chi connectivity index (χ0) is 36.7. The highest BCUT2D eigenvalue weighted by Crippen LogP contribution is 2.52. The Hall–Kier alpha value is -6.55. The summed E-state index contributed by atoms with van der Waals surface area (Å²) in [6, 6.07) is 16.7. The number of amides is 3. The highest BCUT2D eigenvalue weighted by Gasteiger charge is 2.62. The van der Waals surface area contributed by atoms with Gasteiger partial charge in [-0.05, 0) is 58.0 Å².